The van der Waals surface area contributed by atoms with E-state index in [0.29, 0.717) is 25.6 Å². The number of halogens is 1. The normalized spacial score (nSPS) is 20.8. The monoisotopic (exact) mass is 571 g/mol. The number of benzene rings is 1. The average molecular weight is 572 g/mol. The van der Waals surface area contributed by atoms with E-state index in [1.54, 1.807) is 23.1 Å². The molecular formula is C31H42FN3O6. The Morgan fingerprint density at radius 1 is 1.22 bits per heavy atom. The number of rotatable bonds is 13. The molecule has 0 radical (unpaired) electrons. The number of aliphatic hydroxyl groups excluding tert-OH is 1. The van der Waals surface area contributed by atoms with Gasteiger partial charge in [0.1, 0.15) is 17.4 Å². The van der Waals surface area contributed by atoms with Crippen LogP contribution < -0.4 is 4.90 Å². The predicted molar refractivity (Wildman–Crippen MR) is 153 cm³/mol. The molecule has 1 aromatic carbocycles. The molecular weight excluding hydrogens is 529 g/mol. The van der Waals surface area contributed by atoms with Crippen LogP contribution in [-0.4, -0.2) is 83.6 Å². The zero-order chi connectivity index (χ0) is 29.4. The summed E-state index contributed by atoms with van der Waals surface area (Å²) in [6, 6.07) is 9.64. The van der Waals surface area contributed by atoms with Crippen LogP contribution in [0.4, 0.5) is 10.2 Å². The molecule has 224 valence electrons. The summed E-state index contributed by atoms with van der Waals surface area (Å²) in [7, 11) is 0. The Morgan fingerprint density at radius 2 is 1.95 bits per heavy atom. The van der Waals surface area contributed by atoms with Crippen molar-refractivity contribution in [1.29, 1.82) is 0 Å². The van der Waals surface area contributed by atoms with Crippen molar-refractivity contribution in [1.82, 2.24) is 9.88 Å². The maximum atomic E-state index is 13.7. The van der Waals surface area contributed by atoms with Gasteiger partial charge in [0.15, 0.2) is 0 Å². The molecule has 1 spiro atoms. The summed E-state index contributed by atoms with van der Waals surface area (Å²) >= 11 is 0. The molecule has 0 aliphatic carbocycles. The lowest BCUT2D eigenvalue weighted by atomic mass is 9.90. The van der Waals surface area contributed by atoms with E-state index in [0.717, 1.165) is 56.6 Å². The van der Waals surface area contributed by atoms with E-state index in [2.05, 4.69) is 22.9 Å². The van der Waals surface area contributed by atoms with Crippen molar-refractivity contribution in [3.63, 3.8) is 0 Å². The zero-order valence-electron chi connectivity index (χ0n) is 24.2. The predicted octanol–water partition coefficient (Wildman–Crippen LogP) is 4.78. The number of carbonyl (C=O) groups is 1. The number of nitrogens with zero attached hydrogens (tertiary/aromatic N) is 3. The Bertz CT molecular complexity index is 1150. The van der Waals surface area contributed by atoms with E-state index in [1.165, 1.54) is 24.4 Å². The second-order valence-electron chi connectivity index (χ2n) is 10.7. The highest BCUT2D eigenvalue weighted by Gasteiger charge is 2.46. The van der Waals surface area contributed by atoms with E-state index >= 15 is 0 Å². The number of aliphatic hydroxyl groups is 1. The van der Waals surface area contributed by atoms with Crippen molar-refractivity contribution in [2.75, 3.05) is 44.3 Å². The van der Waals surface area contributed by atoms with Gasteiger partial charge >= 0.3 is 5.97 Å². The maximum absolute atomic E-state index is 13.7. The lowest BCUT2D eigenvalue weighted by molar-refractivity contribution is -0.150. The quantitative estimate of drug-likeness (QED) is 0.329. The molecule has 2 aliphatic heterocycles. The molecule has 0 bridgehead atoms. The third kappa shape index (κ3) is 7.82. The first-order valence-electron chi connectivity index (χ1n) is 14.5. The number of carboxylic acids is 1. The second-order valence-corrected chi connectivity index (χ2v) is 10.7. The van der Waals surface area contributed by atoms with Crippen LogP contribution in [0.2, 0.25) is 0 Å². The van der Waals surface area contributed by atoms with E-state index in [4.69, 9.17) is 19.3 Å². The van der Waals surface area contributed by atoms with Crippen LogP contribution >= 0.6 is 0 Å². The lowest BCUT2D eigenvalue weighted by Crippen LogP contribution is -2.47. The molecule has 4 rings (SSSR count). The number of aromatic carboxylic acids is 1. The first-order valence-corrected chi connectivity index (χ1v) is 14.5. The van der Waals surface area contributed by atoms with Gasteiger partial charge in [-0.25, -0.2) is 14.2 Å². The summed E-state index contributed by atoms with van der Waals surface area (Å²) in [4.78, 5) is 19.4. The van der Waals surface area contributed by atoms with Crippen LogP contribution in [-0.2, 0) is 14.2 Å². The Balaban J connectivity index is 1.37. The van der Waals surface area contributed by atoms with Crippen LogP contribution in [0, 0.1) is 5.82 Å². The number of hydrogen-bond donors (Lipinski definition) is 2. The number of anilines is 1. The minimum absolute atomic E-state index is 0.0972. The first kappa shape index (κ1) is 30.9. The van der Waals surface area contributed by atoms with Crippen molar-refractivity contribution in [3.05, 3.63) is 71.4 Å². The van der Waals surface area contributed by atoms with Crippen molar-refractivity contribution < 1.29 is 33.6 Å². The van der Waals surface area contributed by atoms with E-state index < -0.39 is 18.0 Å². The molecule has 2 aliphatic rings. The molecule has 1 aromatic heterocycles. The topological polar surface area (TPSA) is 105 Å². The van der Waals surface area contributed by atoms with Crippen molar-refractivity contribution in [2.45, 2.75) is 70.5 Å². The molecule has 3 heterocycles. The summed E-state index contributed by atoms with van der Waals surface area (Å²) in [5, 5.41) is 19.7. The van der Waals surface area contributed by atoms with Crippen LogP contribution in [0.25, 0.3) is 0 Å². The van der Waals surface area contributed by atoms with E-state index in [9.17, 15) is 14.3 Å². The van der Waals surface area contributed by atoms with Crippen molar-refractivity contribution in [2.24, 2.45) is 0 Å². The highest BCUT2D eigenvalue weighted by atomic mass is 19.1. The zero-order valence-corrected chi connectivity index (χ0v) is 24.2. The molecule has 3 atom stereocenters. The van der Waals surface area contributed by atoms with Gasteiger partial charge in [-0.2, -0.15) is 0 Å². The minimum Gasteiger partial charge on any atom is -0.498 e. The first-order chi connectivity index (χ1) is 19.7. The minimum atomic E-state index is -1.12. The molecule has 3 unspecified atom stereocenters. The van der Waals surface area contributed by atoms with Gasteiger partial charge in [-0.1, -0.05) is 19.1 Å². The molecule has 2 saturated heterocycles. The summed E-state index contributed by atoms with van der Waals surface area (Å²) in [6.07, 6.45) is 5.37. The molecule has 0 amide bonds. The smallest absolute Gasteiger partial charge is 0.337 e. The molecule has 0 saturated carbocycles. The van der Waals surface area contributed by atoms with E-state index in [1.807, 2.05) is 13.8 Å². The van der Waals surface area contributed by atoms with Gasteiger partial charge in [0.2, 0.25) is 6.41 Å². The number of ether oxygens (including phenoxy) is 3. The second kappa shape index (κ2) is 14.2. The third-order valence-corrected chi connectivity index (χ3v) is 7.84. The Morgan fingerprint density at radius 3 is 2.56 bits per heavy atom. The summed E-state index contributed by atoms with van der Waals surface area (Å²) in [5.41, 5.74) is 0.581. The SMILES string of the molecule is CCCOC(=CCCN1CCC2(CC1)CN(c1ccc(C(=O)O)cn1)C(O)O2)C(c1ccc(F)cc1)C(C)OCC. The fraction of sp³-hybridized carbons (Fsp3) is 0.548. The molecule has 10 heteroatoms. The Kier molecular flexibility index (Phi) is 10.7. The number of pyridine rings is 1. The van der Waals surface area contributed by atoms with Gasteiger partial charge in [0.25, 0.3) is 0 Å². The molecule has 2 N–H and O–H groups in total. The van der Waals surface area contributed by atoms with E-state index in [-0.39, 0.29) is 23.4 Å². The van der Waals surface area contributed by atoms with Gasteiger partial charge in [0.05, 0.1) is 36.3 Å². The standard InChI is InChI=1S/C31H42FN3O6/c1-4-19-40-26(28(22(3)39-5-2)23-8-11-25(32)12-9-23)7-6-16-34-17-14-31(15-18-34)21-35(30(38)41-31)27-13-10-24(20-33-27)29(36)37/h7-13,20,22,28,30,38H,4-6,14-19,21H2,1-3H3,(H,36,37). The van der Waals surface area contributed by atoms with Crippen molar-refractivity contribution in [3.8, 4) is 0 Å². The van der Waals surface area contributed by atoms with Crippen molar-refractivity contribution >= 4 is 11.8 Å². The fourth-order valence-corrected chi connectivity index (χ4v) is 5.63. The summed E-state index contributed by atoms with van der Waals surface area (Å²) < 4.78 is 31.9. The highest BCUT2D eigenvalue weighted by molar-refractivity contribution is 5.87. The highest BCUT2D eigenvalue weighted by Crippen LogP contribution is 2.37. The molecule has 2 fully saturated rings. The molecule has 41 heavy (non-hydrogen) atoms. The Hall–Kier alpha value is -3.05. The number of hydrogen-bond acceptors (Lipinski definition) is 8. The van der Waals surface area contributed by atoms with Gasteiger partial charge in [0, 0.05) is 32.4 Å². The van der Waals surface area contributed by atoms with Crippen LogP contribution in [0.1, 0.15) is 68.3 Å². The van der Waals surface area contributed by atoms with Gasteiger partial charge in [-0.05, 0) is 75.4 Å². The largest absolute Gasteiger partial charge is 0.498 e. The van der Waals surface area contributed by atoms with Gasteiger partial charge in [-0.15, -0.1) is 0 Å². The Labute approximate surface area is 241 Å². The van der Waals surface area contributed by atoms with Gasteiger partial charge in [-0.3, -0.25) is 0 Å². The van der Waals surface area contributed by atoms with Crippen LogP contribution in [0.3, 0.4) is 0 Å². The number of piperidine rings is 1. The molecule has 2 aromatic rings. The number of likely N-dealkylation sites (tertiary alicyclic amines) is 1. The molecule has 9 nitrogen and oxygen atoms in total. The number of aromatic nitrogens is 1. The average Bonchev–Trinajstić information content (AvgIpc) is 3.29. The van der Waals surface area contributed by atoms with Crippen LogP contribution in [0.5, 0.6) is 0 Å². The maximum Gasteiger partial charge on any atom is 0.337 e. The third-order valence-electron chi connectivity index (χ3n) is 7.84. The van der Waals surface area contributed by atoms with Gasteiger partial charge < -0.3 is 34.2 Å². The summed E-state index contributed by atoms with van der Waals surface area (Å²) in [5.74, 6) is -0.103. The number of carboxylic acid groups (broad SMARTS) is 1. The summed E-state index contributed by atoms with van der Waals surface area (Å²) in [6.45, 7) is 10.2. The van der Waals surface area contributed by atoms with Crippen LogP contribution in [0.15, 0.2) is 54.4 Å². The lowest BCUT2D eigenvalue weighted by Gasteiger charge is -2.38. The fourth-order valence-electron chi connectivity index (χ4n) is 5.63.